The van der Waals surface area contributed by atoms with Crippen molar-refractivity contribution < 1.29 is 37.7 Å². The van der Waals surface area contributed by atoms with E-state index in [-0.39, 0.29) is 11.8 Å². The van der Waals surface area contributed by atoms with Crippen molar-refractivity contribution >= 4 is 17.6 Å². The largest absolute Gasteiger partial charge is 0.490 e. The van der Waals surface area contributed by atoms with Gasteiger partial charge in [0.25, 0.3) is 0 Å². The minimum Gasteiger partial charge on any atom is -0.481 e. The van der Waals surface area contributed by atoms with Crippen LogP contribution in [0.25, 0.3) is 0 Å². The summed E-state index contributed by atoms with van der Waals surface area (Å²) >= 11 is 0. The minimum absolute atomic E-state index is 0.195. The number of alkyl halides is 3. The first kappa shape index (κ1) is 21.7. The number of nitrogens with one attached hydrogen (secondary N) is 1. The Morgan fingerprint density at radius 1 is 1.35 bits per heavy atom. The van der Waals surface area contributed by atoms with Crippen molar-refractivity contribution in [2.45, 2.75) is 25.9 Å². The summed E-state index contributed by atoms with van der Waals surface area (Å²) < 4.78 is 37.0. The normalized spacial score (nSPS) is 16.2. The van der Waals surface area contributed by atoms with Crippen LogP contribution in [-0.2, 0) is 14.3 Å². The molecule has 1 atom stereocenters. The molecule has 2 rings (SSSR count). The van der Waals surface area contributed by atoms with E-state index < -0.39 is 18.1 Å². The number of aromatic nitrogens is 1. The Bertz CT molecular complexity index is 604. The smallest absolute Gasteiger partial charge is 0.481 e. The highest BCUT2D eigenvalue weighted by Gasteiger charge is 2.38. The van der Waals surface area contributed by atoms with E-state index in [4.69, 9.17) is 14.6 Å². The number of halogens is 3. The molecule has 3 N–H and O–H groups in total. The molecule has 2 heterocycles. The van der Waals surface area contributed by atoms with Gasteiger partial charge in [0.2, 0.25) is 0 Å². The molecule has 0 aliphatic carbocycles. The lowest BCUT2D eigenvalue weighted by molar-refractivity contribution is -0.192. The van der Waals surface area contributed by atoms with Crippen molar-refractivity contribution in [3.05, 3.63) is 24.0 Å². The summed E-state index contributed by atoms with van der Waals surface area (Å²) in [5, 5.41) is 19.7. The first-order valence-electron chi connectivity index (χ1n) is 7.88. The van der Waals surface area contributed by atoms with E-state index in [0.29, 0.717) is 19.8 Å². The van der Waals surface area contributed by atoms with E-state index >= 15 is 0 Å². The fourth-order valence-corrected chi connectivity index (χ4v) is 2.47. The average molecular weight is 378 g/mol. The van der Waals surface area contributed by atoms with Gasteiger partial charge >= 0.3 is 18.1 Å². The van der Waals surface area contributed by atoms with E-state index in [1.807, 2.05) is 13.0 Å². The highest BCUT2D eigenvalue weighted by molar-refractivity contribution is 5.73. The Morgan fingerprint density at radius 3 is 2.38 bits per heavy atom. The predicted molar refractivity (Wildman–Crippen MR) is 85.8 cm³/mol. The predicted octanol–water partition coefficient (Wildman–Crippen LogP) is 2.56. The zero-order valence-electron chi connectivity index (χ0n) is 14.1. The fourth-order valence-electron chi connectivity index (χ4n) is 2.47. The molecule has 1 aliphatic heterocycles. The van der Waals surface area contributed by atoms with Gasteiger partial charge in [-0.2, -0.15) is 13.2 Å². The summed E-state index contributed by atoms with van der Waals surface area (Å²) in [6.45, 7) is 3.75. The maximum atomic E-state index is 11.4. The van der Waals surface area contributed by atoms with Gasteiger partial charge in [0.15, 0.2) is 0 Å². The third-order valence-corrected chi connectivity index (χ3v) is 3.93. The molecule has 26 heavy (non-hydrogen) atoms. The van der Waals surface area contributed by atoms with E-state index in [9.17, 15) is 23.1 Å². The number of ether oxygens (including phenoxy) is 1. The second-order valence-electron chi connectivity index (χ2n) is 5.77. The Hall–Kier alpha value is -2.36. The van der Waals surface area contributed by atoms with Crippen molar-refractivity contribution in [3.63, 3.8) is 0 Å². The van der Waals surface area contributed by atoms with E-state index in [0.717, 1.165) is 24.1 Å². The van der Waals surface area contributed by atoms with Crippen LogP contribution in [0.4, 0.5) is 18.9 Å². The molecule has 1 aromatic rings. The first-order chi connectivity index (χ1) is 12.1. The van der Waals surface area contributed by atoms with Crippen molar-refractivity contribution in [1.29, 1.82) is 0 Å². The second-order valence-corrected chi connectivity index (χ2v) is 5.77. The van der Waals surface area contributed by atoms with Crippen LogP contribution in [0.15, 0.2) is 18.5 Å². The Balaban J connectivity index is 0.000000412. The molecule has 1 aromatic heterocycles. The maximum absolute atomic E-state index is 11.4. The Labute approximate surface area is 148 Å². The molecule has 0 aromatic carbocycles. The van der Waals surface area contributed by atoms with Crippen molar-refractivity contribution in [1.82, 2.24) is 4.98 Å². The number of anilines is 1. The van der Waals surface area contributed by atoms with Gasteiger partial charge in [0.1, 0.15) is 0 Å². The Morgan fingerprint density at radius 2 is 1.92 bits per heavy atom. The number of hydrogen-bond donors (Lipinski definition) is 3. The zero-order chi connectivity index (χ0) is 19.7. The van der Waals surface area contributed by atoms with Crippen LogP contribution < -0.4 is 5.32 Å². The summed E-state index contributed by atoms with van der Waals surface area (Å²) in [4.78, 5) is 24.3. The summed E-state index contributed by atoms with van der Waals surface area (Å²) in [6.07, 6.45) is 0.0497. The molecular weight excluding hydrogens is 357 g/mol. The number of rotatable bonds is 5. The van der Waals surface area contributed by atoms with Gasteiger partial charge in [-0.1, -0.05) is 0 Å². The van der Waals surface area contributed by atoms with Crippen LogP contribution in [-0.4, -0.2) is 53.1 Å². The van der Waals surface area contributed by atoms with Gasteiger partial charge in [-0.3, -0.25) is 9.78 Å². The number of nitrogens with zero attached hydrogens (tertiary/aromatic N) is 1. The number of carboxylic acid groups (broad SMARTS) is 2. The fraction of sp³-hybridized carbons (Fsp3) is 0.562. The first-order valence-corrected chi connectivity index (χ1v) is 7.88. The van der Waals surface area contributed by atoms with E-state index in [1.165, 1.54) is 0 Å². The van der Waals surface area contributed by atoms with Crippen LogP contribution in [0.3, 0.4) is 0 Å². The molecule has 146 valence electrons. The molecule has 0 spiro atoms. The number of pyridine rings is 1. The van der Waals surface area contributed by atoms with Crippen LogP contribution >= 0.6 is 0 Å². The molecule has 0 bridgehead atoms. The van der Waals surface area contributed by atoms with Crippen molar-refractivity contribution in [2.24, 2.45) is 11.8 Å². The minimum atomic E-state index is -5.08. The lowest BCUT2D eigenvalue weighted by atomic mass is 9.86. The molecule has 1 unspecified atom stereocenters. The summed E-state index contributed by atoms with van der Waals surface area (Å²) in [5.74, 6) is -3.66. The van der Waals surface area contributed by atoms with Gasteiger partial charge in [-0.25, -0.2) is 4.79 Å². The SMILES string of the molecule is Cc1cnccc1NCC(C(=O)O)C1CCOCC1.O=C(O)C(F)(F)F. The van der Waals surface area contributed by atoms with Gasteiger partial charge in [-0.05, 0) is 37.3 Å². The van der Waals surface area contributed by atoms with Crippen LogP contribution in [0.1, 0.15) is 18.4 Å². The number of aryl methyl sites for hydroxylation is 1. The number of hydrogen-bond acceptors (Lipinski definition) is 5. The van der Waals surface area contributed by atoms with Crippen LogP contribution in [0, 0.1) is 18.8 Å². The monoisotopic (exact) mass is 378 g/mol. The van der Waals surface area contributed by atoms with Gasteiger partial charge in [0, 0.05) is 37.8 Å². The second kappa shape index (κ2) is 9.95. The molecule has 0 amide bonds. The van der Waals surface area contributed by atoms with Crippen LogP contribution in [0.2, 0.25) is 0 Å². The van der Waals surface area contributed by atoms with E-state index in [1.54, 1.807) is 12.4 Å². The molecule has 7 nitrogen and oxygen atoms in total. The number of carbonyl (C=O) groups is 2. The zero-order valence-corrected chi connectivity index (χ0v) is 14.1. The van der Waals surface area contributed by atoms with E-state index in [2.05, 4.69) is 10.3 Å². The maximum Gasteiger partial charge on any atom is 0.490 e. The average Bonchev–Trinajstić information content (AvgIpc) is 2.57. The molecule has 0 saturated carbocycles. The molecule has 10 heteroatoms. The highest BCUT2D eigenvalue weighted by atomic mass is 19.4. The van der Waals surface area contributed by atoms with Gasteiger partial charge in [-0.15, -0.1) is 0 Å². The van der Waals surface area contributed by atoms with Gasteiger partial charge < -0.3 is 20.3 Å². The standard InChI is InChI=1S/C14H20N2O3.C2HF3O2/c1-10-8-15-5-2-13(10)16-9-12(14(17)18)11-3-6-19-7-4-11;3-2(4,5)1(6)7/h2,5,8,11-12H,3-4,6-7,9H2,1H3,(H,15,16)(H,17,18);(H,6,7). The molecule has 1 fully saturated rings. The quantitative estimate of drug-likeness (QED) is 0.722. The molecular formula is C16H21F3N2O5. The molecule has 0 radical (unpaired) electrons. The molecule has 1 saturated heterocycles. The third-order valence-electron chi connectivity index (χ3n) is 3.93. The summed E-state index contributed by atoms with van der Waals surface area (Å²) in [6, 6.07) is 1.87. The topological polar surface area (TPSA) is 109 Å². The number of aliphatic carboxylic acids is 2. The van der Waals surface area contributed by atoms with Crippen molar-refractivity contribution in [2.75, 3.05) is 25.1 Å². The third kappa shape index (κ3) is 7.26. The number of carboxylic acids is 2. The lowest BCUT2D eigenvalue weighted by Gasteiger charge is -2.28. The Kier molecular flexibility index (Phi) is 8.30. The lowest BCUT2D eigenvalue weighted by Crippen LogP contribution is -2.34. The van der Waals surface area contributed by atoms with Crippen LogP contribution in [0.5, 0.6) is 0 Å². The summed E-state index contributed by atoms with van der Waals surface area (Å²) in [5.41, 5.74) is 1.98. The molecule has 1 aliphatic rings. The van der Waals surface area contributed by atoms with Gasteiger partial charge in [0.05, 0.1) is 5.92 Å². The highest BCUT2D eigenvalue weighted by Crippen LogP contribution is 2.25. The van der Waals surface area contributed by atoms with Crippen molar-refractivity contribution in [3.8, 4) is 0 Å². The summed E-state index contributed by atoms with van der Waals surface area (Å²) in [7, 11) is 0.